The first kappa shape index (κ1) is 19.0. The zero-order valence-corrected chi connectivity index (χ0v) is 16.5. The molecule has 1 N–H and O–H groups in total. The van der Waals surface area contributed by atoms with E-state index < -0.39 is 0 Å². The summed E-state index contributed by atoms with van der Waals surface area (Å²) < 4.78 is 12.2. The number of para-hydroxylation sites is 1. The number of anilines is 1. The zero-order valence-electron chi connectivity index (χ0n) is 14.9. The Labute approximate surface area is 167 Å². The summed E-state index contributed by atoms with van der Waals surface area (Å²) in [6.07, 6.45) is 0. The fraction of sp³-hybridized carbons (Fsp3) is 0.136. The topological polar surface area (TPSA) is 47.6 Å². The number of carbonyl (C=O) groups excluding carboxylic acids is 1. The third kappa shape index (κ3) is 5.59. The van der Waals surface area contributed by atoms with Gasteiger partial charge >= 0.3 is 0 Å². The largest absolute Gasteiger partial charge is 0.490 e. The van der Waals surface area contributed by atoms with E-state index in [1.54, 1.807) is 12.1 Å². The van der Waals surface area contributed by atoms with E-state index in [1.165, 1.54) is 0 Å². The molecule has 0 aliphatic carbocycles. The van der Waals surface area contributed by atoms with E-state index in [4.69, 9.17) is 9.47 Å². The lowest BCUT2D eigenvalue weighted by Crippen LogP contribution is -2.12. The molecular weight excluding hydrogens is 406 g/mol. The first-order valence-electron chi connectivity index (χ1n) is 8.60. The van der Waals surface area contributed by atoms with Gasteiger partial charge in [-0.25, -0.2) is 0 Å². The van der Waals surface area contributed by atoms with Crippen molar-refractivity contribution in [3.05, 3.63) is 88.4 Å². The second-order valence-electron chi connectivity index (χ2n) is 5.96. The van der Waals surface area contributed by atoms with E-state index in [2.05, 4.69) is 21.2 Å². The first-order chi connectivity index (χ1) is 13.1. The molecule has 5 heteroatoms. The van der Waals surface area contributed by atoms with Gasteiger partial charge < -0.3 is 14.8 Å². The van der Waals surface area contributed by atoms with Gasteiger partial charge in [-0.05, 0) is 48.9 Å². The number of amides is 1. The molecule has 3 aromatic carbocycles. The Balaban J connectivity index is 1.53. The third-order valence-corrected chi connectivity index (χ3v) is 4.74. The lowest BCUT2D eigenvalue weighted by molar-refractivity contribution is 0.102. The highest BCUT2D eigenvalue weighted by atomic mass is 79.9. The van der Waals surface area contributed by atoms with Gasteiger partial charge in [0.05, 0.1) is 0 Å². The Hall–Kier alpha value is -2.79. The molecule has 3 rings (SSSR count). The fourth-order valence-electron chi connectivity index (χ4n) is 2.44. The molecule has 0 spiro atoms. The lowest BCUT2D eigenvalue weighted by atomic mass is 10.1. The molecule has 0 aromatic heterocycles. The molecular formula is C22H20BrNO3. The van der Waals surface area contributed by atoms with E-state index in [0.717, 1.165) is 15.8 Å². The van der Waals surface area contributed by atoms with Crippen LogP contribution in [0, 0.1) is 6.92 Å². The standard InChI is InChI=1S/C22H20BrNO3/c1-16-10-11-17(14-21(16)23)22(25)24-18-6-5-9-20(15-18)27-13-12-26-19-7-3-2-4-8-19/h2-11,14-15H,12-13H2,1H3,(H,24,25). The van der Waals surface area contributed by atoms with Gasteiger partial charge in [-0.3, -0.25) is 4.79 Å². The van der Waals surface area contributed by atoms with Gasteiger partial charge in [0.2, 0.25) is 0 Å². The molecule has 0 radical (unpaired) electrons. The molecule has 27 heavy (non-hydrogen) atoms. The molecule has 1 amide bonds. The van der Waals surface area contributed by atoms with E-state index in [1.807, 2.05) is 67.6 Å². The molecule has 0 atom stereocenters. The quantitative estimate of drug-likeness (QED) is 0.510. The predicted molar refractivity (Wildman–Crippen MR) is 111 cm³/mol. The van der Waals surface area contributed by atoms with Crippen molar-refractivity contribution >= 4 is 27.5 Å². The SMILES string of the molecule is Cc1ccc(C(=O)Nc2cccc(OCCOc3ccccc3)c2)cc1Br. The highest BCUT2D eigenvalue weighted by molar-refractivity contribution is 9.10. The summed E-state index contributed by atoms with van der Waals surface area (Å²) in [5.41, 5.74) is 2.35. The summed E-state index contributed by atoms with van der Waals surface area (Å²) in [5, 5.41) is 2.89. The van der Waals surface area contributed by atoms with Crippen LogP contribution >= 0.6 is 15.9 Å². The Bertz CT molecular complexity index is 912. The minimum atomic E-state index is -0.166. The van der Waals surface area contributed by atoms with Gasteiger partial charge in [-0.15, -0.1) is 0 Å². The molecule has 0 fully saturated rings. The Morgan fingerprint density at radius 1 is 0.889 bits per heavy atom. The van der Waals surface area contributed by atoms with Crippen molar-refractivity contribution in [2.24, 2.45) is 0 Å². The van der Waals surface area contributed by atoms with E-state index in [9.17, 15) is 4.79 Å². The maximum atomic E-state index is 12.4. The Morgan fingerprint density at radius 3 is 2.33 bits per heavy atom. The molecule has 0 aliphatic rings. The normalized spacial score (nSPS) is 10.3. The summed E-state index contributed by atoms with van der Waals surface area (Å²) in [6.45, 7) is 2.84. The van der Waals surface area contributed by atoms with Crippen LogP contribution in [0.5, 0.6) is 11.5 Å². The number of hydrogen-bond donors (Lipinski definition) is 1. The number of rotatable bonds is 7. The van der Waals surface area contributed by atoms with Crippen LogP contribution in [0.15, 0.2) is 77.3 Å². The number of halogens is 1. The van der Waals surface area contributed by atoms with Crippen molar-refractivity contribution in [2.75, 3.05) is 18.5 Å². The van der Waals surface area contributed by atoms with Gasteiger partial charge in [0.25, 0.3) is 5.91 Å². The van der Waals surface area contributed by atoms with Gasteiger partial charge in [0.1, 0.15) is 24.7 Å². The van der Waals surface area contributed by atoms with Crippen LogP contribution in [0.1, 0.15) is 15.9 Å². The maximum Gasteiger partial charge on any atom is 0.255 e. The number of nitrogens with one attached hydrogen (secondary N) is 1. The third-order valence-electron chi connectivity index (χ3n) is 3.89. The fourth-order valence-corrected chi connectivity index (χ4v) is 2.82. The molecule has 0 aliphatic heterocycles. The molecule has 4 nitrogen and oxygen atoms in total. The average Bonchev–Trinajstić information content (AvgIpc) is 2.68. The number of benzene rings is 3. The lowest BCUT2D eigenvalue weighted by Gasteiger charge is -2.10. The van der Waals surface area contributed by atoms with Gasteiger partial charge in [-0.1, -0.05) is 46.3 Å². The summed E-state index contributed by atoms with van der Waals surface area (Å²) >= 11 is 3.45. The highest BCUT2D eigenvalue weighted by Crippen LogP contribution is 2.21. The number of aryl methyl sites for hydroxylation is 1. The number of hydrogen-bond acceptors (Lipinski definition) is 3. The molecule has 0 bridgehead atoms. The smallest absolute Gasteiger partial charge is 0.255 e. The second kappa shape index (κ2) is 9.24. The van der Waals surface area contributed by atoms with Crippen LogP contribution in [-0.2, 0) is 0 Å². The van der Waals surface area contributed by atoms with Crippen LogP contribution in [0.25, 0.3) is 0 Å². The Kier molecular flexibility index (Phi) is 6.49. The minimum Gasteiger partial charge on any atom is -0.490 e. The van der Waals surface area contributed by atoms with Crippen LogP contribution < -0.4 is 14.8 Å². The Morgan fingerprint density at radius 2 is 1.59 bits per heavy atom. The minimum absolute atomic E-state index is 0.166. The molecule has 0 saturated heterocycles. The molecule has 0 unspecified atom stereocenters. The molecule has 0 saturated carbocycles. The first-order valence-corrected chi connectivity index (χ1v) is 9.39. The van der Waals surface area contributed by atoms with Crippen molar-refractivity contribution in [3.8, 4) is 11.5 Å². The molecule has 3 aromatic rings. The van der Waals surface area contributed by atoms with Crippen LogP contribution in [-0.4, -0.2) is 19.1 Å². The van der Waals surface area contributed by atoms with Crippen molar-refractivity contribution in [3.63, 3.8) is 0 Å². The molecule has 0 heterocycles. The van der Waals surface area contributed by atoms with Gasteiger partial charge in [0, 0.05) is 21.8 Å². The number of carbonyl (C=O) groups is 1. The summed E-state index contributed by atoms with van der Waals surface area (Å²) in [4.78, 5) is 12.4. The van der Waals surface area contributed by atoms with E-state index >= 15 is 0 Å². The maximum absolute atomic E-state index is 12.4. The van der Waals surface area contributed by atoms with Crippen LogP contribution in [0.3, 0.4) is 0 Å². The van der Waals surface area contributed by atoms with Gasteiger partial charge in [-0.2, -0.15) is 0 Å². The van der Waals surface area contributed by atoms with Crippen LogP contribution in [0.2, 0.25) is 0 Å². The monoisotopic (exact) mass is 425 g/mol. The summed E-state index contributed by atoms with van der Waals surface area (Å²) in [7, 11) is 0. The zero-order chi connectivity index (χ0) is 19.1. The average molecular weight is 426 g/mol. The number of ether oxygens (including phenoxy) is 2. The van der Waals surface area contributed by atoms with Crippen molar-refractivity contribution in [2.45, 2.75) is 6.92 Å². The summed E-state index contributed by atoms with van der Waals surface area (Å²) in [5.74, 6) is 1.32. The van der Waals surface area contributed by atoms with Crippen molar-refractivity contribution < 1.29 is 14.3 Å². The predicted octanol–water partition coefficient (Wildman–Crippen LogP) is 5.47. The van der Waals surface area contributed by atoms with Crippen molar-refractivity contribution in [1.29, 1.82) is 0 Å². The van der Waals surface area contributed by atoms with E-state index in [-0.39, 0.29) is 5.91 Å². The van der Waals surface area contributed by atoms with Crippen molar-refractivity contribution in [1.82, 2.24) is 0 Å². The summed E-state index contributed by atoms with van der Waals surface area (Å²) in [6, 6.07) is 22.4. The second-order valence-corrected chi connectivity index (χ2v) is 6.81. The van der Waals surface area contributed by atoms with Gasteiger partial charge in [0.15, 0.2) is 0 Å². The van der Waals surface area contributed by atoms with Crippen LogP contribution in [0.4, 0.5) is 5.69 Å². The van der Waals surface area contributed by atoms with E-state index in [0.29, 0.717) is 30.2 Å². The molecule has 138 valence electrons. The highest BCUT2D eigenvalue weighted by Gasteiger charge is 2.08.